The van der Waals surface area contributed by atoms with Crippen molar-refractivity contribution in [2.24, 2.45) is 0 Å². The van der Waals surface area contributed by atoms with Crippen molar-refractivity contribution in [3.05, 3.63) is 34.4 Å². The summed E-state index contributed by atoms with van der Waals surface area (Å²) in [6.07, 6.45) is 28.9. The van der Waals surface area contributed by atoms with E-state index in [4.69, 9.17) is 0 Å². The van der Waals surface area contributed by atoms with Crippen molar-refractivity contribution in [1.29, 1.82) is 10.5 Å². The molecule has 0 amide bonds. The average molecular weight is 465 g/mol. The predicted molar refractivity (Wildman–Crippen MR) is 147 cm³/mol. The Kier molecular flexibility index (Phi) is 19.3. The highest BCUT2D eigenvalue weighted by Gasteiger charge is 2.10. The van der Waals surface area contributed by atoms with E-state index in [-0.39, 0.29) is 0 Å². The molecule has 0 aliphatic rings. The van der Waals surface area contributed by atoms with Crippen LogP contribution in [-0.4, -0.2) is 0 Å². The molecule has 1 aromatic rings. The van der Waals surface area contributed by atoms with Crippen molar-refractivity contribution in [1.82, 2.24) is 0 Å². The maximum atomic E-state index is 9.47. The molecule has 0 saturated heterocycles. The van der Waals surface area contributed by atoms with Gasteiger partial charge in [-0.2, -0.15) is 10.5 Å². The van der Waals surface area contributed by atoms with Gasteiger partial charge in [-0.3, -0.25) is 0 Å². The summed E-state index contributed by atoms with van der Waals surface area (Å²) in [4.78, 5) is 0. The van der Waals surface area contributed by atoms with Gasteiger partial charge in [0, 0.05) is 0 Å². The molecule has 190 valence electrons. The van der Waals surface area contributed by atoms with Gasteiger partial charge in [0.25, 0.3) is 0 Å². The topological polar surface area (TPSA) is 47.6 Å². The highest BCUT2D eigenvalue weighted by atomic mass is 14.3. The molecule has 2 nitrogen and oxygen atoms in total. The molecule has 0 aliphatic heterocycles. The van der Waals surface area contributed by atoms with Crippen LogP contribution in [0.2, 0.25) is 0 Å². The van der Waals surface area contributed by atoms with Gasteiger partial charge in [0.15, 0.2) is 0 Å². The second-order valence-corrected chi connectivity index (χ2v) is 10.3. The summed E-state index contributed by atoms with van der Waals surface area (Å²) in [7, 11) is 0. The lowest BCUT2D eigenvalue weighted by atomic mass is 9.92. The lowest BCUT2D eigenvalue weighted by Gasteiger charge is -2.12. The van der Waals surface area contributed by atoms with Crippen molar-refractivity contribution in [3.63, 3.8) is 0 Å². The van der Waals surface area contributed by atoms with Crippen molar-refractivity contribution in [2.45, 2.75) is 155 Å². The van der Waals surface area contributed by atoms with E-state index in [9.17, 15) is 10.5 Å². The number of benzene rings is 1. The Bertz CT molecular complexity index is 646. The zero-order valence-electron chi connectivity index (χ0n) is 22.6. The summed E-state index contributed by atoms with van der Waals surface area (Å²) in [5, 5.41) is 18.9. The minimum atomic E-state index is 0.552. The monoisotopic (exact) mass is 464 g/mol. The van der Waals surface area contributed by atoms with E-state index in [1.165, 1.54) is 140 Å². The van der Waals surface area contributed by atoms with Gasteiger partial charge in [0.2, 0.25) is 0 Å². The van der Waals surface area contributed by atoms with E-state index in [1.54, 1.807) is 0 Å². The molecule has 1 aromatic carbocycles. The molecule has 0 fully saturated rings. The van der Waals surface area contributed by atoms with E-state index in [0.29, 0.717) is 11.1 Å². The third kappa shape index (κ3) is 14.5. The van der Waals surface area contributed by atoms with Gasteiger partial charge in [-0.15, -0.1) is 0 Å². The zero-order valence-corrected chi connectivity index (χ0v) is 22.6. The van der Waals surface area contributed by atoms with Gasteiger partial charge in [0.05, 0.1) is 11.1 Å². The van der Waals surface area contributed by atoms with Crippen molar-refractivity contribution in [3.8, 4) is 12.1 Å². The fourth-order valence-electron chi connectivity index (χ4n) is 4.95. The van der Waals surface area contributed by atoms with Crippen LogP contribution in [0.1, 0.15) is 165 Å². The molecule has 0 radical (unpaired) electrons. The number of nitriles is 2. The number of rotatable bonds is 22. The Morgan fingerprint density at radius 1 is 0.441 bits per heavy atom. The molecular weight excluding hydrogens is 412 g/mol. The summed E-state index contributed by atoms with van der Waals surface area (Å²) in [5.41, 5.74) is 3.73. The Balaban J connectivity index is 2.36. The second kappa shape index (κ2) is 21.7. The summed E-state index contributed by atoms with van der Waals surface area (Å²) in [6.45, 7) is 4.55. The third-order valence-electron chi connectivity index (χ3n) is 7.18. The first-order chi connectivity index (χ1) is 16.8. The van der Waals surface area contributed by atoms with Crippen LogP contribution in [0.3, 0.4) is 0 Å². The van der Waals surface area contributed by atoms with Crippen LogP contribution in [0.5, 0.6) is 0 Å². The molecule has 0 aliphatic carbocycles. The first kappa shape index (κ1) is 30.2. The number of hydrogen-bond donors (Lipinski definition) is 0. The van der Waals surface area contributed by atoms with Crippen LogP contribution in [0.25, 0.3) is 0 Å². The Labute approximate surface area is 212 Å². The van der Waals surface area contributed by atoms with Gasteiger partial charge < -0.3 is 0 Å². The average Bonchev–Trinajstić information content (AvgIpc) is 2.86. The van der Waals surface area contributed by atoms with Crippen LogP contribution >= 0.6 is 0 Å². The van der Waals surface area contributed by atoms with Gasteiger partial charge in [-0.1, -0.05) is 129 Å². The molecule has 0 heterocycles. The molecular formula is C32H52N2. The molecule has 0 N–H and O–H groups in total. The van der Waals surface area contributed by atoms with Crippen molar-refractivity contribution in [2.75, 3.05) is 0 Å². The highest BCUT2D eigenvalue weighted by molar-refractivity contribution is 5.50. The van der Waals surface area contributed by atoms with Gasteiger partial charge in [-0.05, 0) is 48.9 Å². The number of unbranched alkanes of at least 4 members (excludes halogenated alkanes) is 18. The molecule has 0 bridgehead atoms. The second-order valence-electron chi connectivity index (χ2n) is 10.3. The zero-order chi connectivity index (χ0) is 24.7. The highest BCUT2D eigenvalue weighted by Crippen LogP contribution is 2.22. The molecule has 34 heavy (non-hydrogen) atoms. The SMILES string of the molecule is CCCCCCCCCCCCc1cc(C#N)c(C#N)cc1CCCCCCCCCCCC. The molecule has 0 spiro atoms. The summed E-state index contributed by atoms with van der Waals surface area (Å²) >= 11 is 0. The van der Waals surface area contributed by atoms with E-state index >= 15 is 0 Å². The molecule has 0 aromatic heterocycles. The van der Waals surface area contributed by atoms with Gasteiger partial charge in [0.1, 0.15) is 12.1 Å². The summed E-state index contributed by atoms with van der Waals surface area (Å²) < 4.78 is 0. The minimum absolute atomic E-state index is 0.552. The first-order valence-electron chi connectivity index (χ1n) is 14.7. The quantitative estimate of drug-likeness (QED) is 0.160. The Morgan fingerprint density at radius 2 is 0.706 bits per heavy atom. The normalized spacial score (nSPS) is 10.8. The van der Waals surface area contributed by atoms with E-state index in [1.807, 2.05) is 12.1 Å². The summed E-state index contributed by atoms with van der Waals surface area (Å²) in [6, 6.07) is 8.50. The van der Waals surface area contributed by atoms with Crippen LogP contribution in [0.15, 0.2) is 12.1 Å². The first-order valence-corrected chi connectivity index (χ1v) is 14.7. The smallest absolute Gasteiger partial charge is 0.101 e. The molecule has 0 saturated carbocycles. The van der Waals surface area contributed by atoms with Crippen LogP contribution in [-0.2, 0) is 12.8 Å². The van der Waals surface area contributed by atoms with E-state index in [2.05, 4.69) is 26.0 Å². The van der Waals surface area contributed by atoms with Crippen molar-refractivity contribution >= 4 is 0 Å². The fourth-order valence-corrected chi connectivity index (χ4v) is 4.95. The lowest BCUT2D eigenvalue weighted by Crippen LogP contribution is -1.99. The molecule has 0 unspecified atom stereocenters. The standard InChI is InChI=1S/C32H52N2/c1-3-5-7-9-11-13-15-17-19-21-23-29-25-31(27-33)32(28-34)26-30(29)24-22-20-18-16-14-12-10-8-6-4-2/h25-26H,3-24H2,1-2H3. The Morgan fingerprint density at radius 3 is 0.971 bits per heavy atom. The minimum Gasteiger partial charge on any atom is -0.192 e. The molecule has 1 rings (SSSR count). The lowest BCUT2D eigenvalue weighted by molar-refractivity contribution is 0.553. The molecule has 0 atom stereocenters. The maximum Gasteiger partial charge on any atom is 0.101 e. The van der Waals surface area contributed by atoms with E-state index in [0.717, 1.165) is 12.8 Å². The Hall–Kier alpha value is -1.80. The summed E-state index contributed by atoms with van der Waals surface area (Å²) in [5.74, 6) is 0. The predicted octanol–water partition coefficient (Wildman–Crippen LogP) is 10.4. The molecule has 2 heteroatoms. The third-order valence-corrected chi connectivity index (χ3v) is 7.18. The van der Waals surface area contributed by atoms with Gasteiger partial charge in [-0.25, -0.2) is 0 Å². The van der Waals surface area contributed by atoms with Crippen LogP contribution in [0.4, 0.5) is 0 Å². The number of aryl methyl sites for hydroxylation is 2. The number of nitrogens with zero attached hydrogens (tertiary/aromatic N) is 2. The van der Waals surface area contributed by atoms with Crippen LogP contribution in [0, 0.1) is 22.7 Å². The van der Waals surface area contributed by atoms with E-state index < -0.39 is 0 Å². The maximum absolute atomic E-state index is 9.47. The van der Waals surface area contributed by atoms with Crippen LogP contribution < -0.4 is 0 Å². The van der Waals surface area contributed by atoms with Crippen molar-refractivity contribution < 1.29 is 0 Å². The number of hydrogen-bond acceptors (Lipinski definition) is 2. The largest absolute Gasteiger partial charge is 0.192 e. The fraction of sp³-hybridized carbons (Fsp3) is 0.750. The van der Waals surface area contributed by atoms with Gasteiger partial charge >= 0.3 is 0 Å².